The highest BCUT2D eigenvalue weighted by atomic mass is 16.2. The number of rotatable bonds is 1. The number of hydrogen-bond acceptors (Lipinski definition) is 3. The lowest BCUT2D eigenvalue weighted by Crippen LogP contribution is -2.46. The van der Waals surface area contributed by atoms with E-state index in [0.29, 0.717) is 22.5 Å². The number of nitrogens with zero attached hydrogens (tertiary/aromatic N) is 3. The maximum atomic E-state index is 13.6. The molecule has 0 unspecified atom stereocenters. The summed E-state index contributed by atoms with van der Waals surface area (Å²) in [5.74, 6) is -0.411. The van der Waals surface area contributed by atoms with Crippen LogP contribution in [0, 0.1) is 0 Å². The average molecular weight is 383 g/mol. The van der Waals surface area contributed by atoms with Gasteiger partial charge in [0.25, 0.3) is 11.8 Å². The second-order valence-corrected chi connectivity index (χ2v) is 8.21. The van der Waals surface area contributed by atoms with Crippen molar-refractivity contribution in [3.63, 3.8) is 0 Å². The van der Waals surface area contributed by atoms with Gasteiger partial charge in [0, 0.05) is 11.1 Å². The highest BCUT2D eigenvalue weighted by Gasteiger charge is 2.47. The van der Waals surface area contributed by atoms with Crippen LogP contribution in [0.1, 0.15) is 38.8 Å². The molecule has 2 amide bonds. The highest BCUT2D eigenvalue weighted by molar-refractivity contribution is 6.46. The quantitative estimate of drug-likeness (QED) is 0.685. The van der Waals surface area contributed by atoms with E-state index in [1.807, 2.05) is 67.3 Å². The second kappa shape index (κ2) is 5.77. The van der Waals surface area contributed by atoms with E-state index < -0.39 is 5.54 Å². The number of carbonyl (C=O) groups excluding carboxylic acids is 2. The summed E-state index contributed by atoms with van der Waals surface area (Å²) < 4.78 is 0. The Kier molecular flexibility index (Phi) is 3.50. The molecule has 0 fully saturated rings. The van der Waals surface area contributed by atoms with E-state index >= 15 is 0 Å². The Morgan fingerprint density at radius 2 is 1.52 bits per heavy atom. The third-order valence-electron chi connectivity index (χ3n) is 5.79. The van der Waals surface area contributed by atoms with Crippen LogP contribution in [0.15, 0.2) is 65.3 Å². The molecule has 3 aliphatic rings. The molecule has 0 radical (unpaired) electrons. The number of hydrazone groups is 1. The van der Waals surface area contributed by atoms with Gasteiger partial charge >= 0.3 is 0 Å². The summed E-state index contributed by atoms with van der Waals surface area (Å²) in [6.07, 6.45) is 2.11. The van der Waals surface area contributed by atoms with Gasteiger partial charge in [0.15, 0.2) is 0 Å². The molecule has 144 valence electrons. The smallest absolute Gasteiger partial charge is 0.281 e. The lowest BCUT2D eigenvalue weighted by atomic mass is 9.89. The van der Waals surface area contributed by atoms with Crippen molar-refractivity contribution in [2.45, 2.75) is 33.2 Å². The summed E-state index contributed by atoms with van der Waals surface area (Å²) in [6.45, 7) is 7.90. The zero-order valence-corrected chi connectivity index (χ0v) is 16.9. The van der Waals surface area contributed by atoms with Crippen molar-refractivity contribution in [1.29, 1.82) is 0 Å². The van der Waals surface area contributed by atoms with E-state index in [0.717, 1.165) is 22.4 Å². The molecule has 0 saturated heterocycles. The van der Waals surface area contributed by atoms with Gasteiger partial charge in [0.2, 0.25) is 0 Å². The zero-order valence-electron chi connectivity index (χ0n) is 16.9. The Bertz CT molecular complexity index is 1190. The number of allylic oxidation sites excluding steroid dienone is 1. The molecule has 0 atom stereocenters. The standard InChI is InChI=1S/C24H21N3O2/c1-14-13-24(3,4)26-21-17(14)11-8-12-18(21)20(22(26)28)19-15(2)25-27(23(19)29)16-9-6-5-7-10-16/h5-13H,1-4H3. The maximum absolute atomic E-state index is 13.6. The molecule has 0 N–H and O–H groups in total. The zero-order chi connectivity index (χ0) is 20.5. The fraction of sp³-hybridized carbons (Fsp3) is 0.208. The van der Waals surface area contributed by atoms with Crippen molar-refractivity contribution in [3.05, 3.63) is 71.3 Å². The van der Waals surface area contributed by atoms with Gasteiger partial charge in [0.1, 0.15) is 0 Å². The number of carbonyl (C=O) groups is 2. The van der Waals surface area contributed by atoms with Gasteiger partial charge in [0.05, 0.1) is 33.8 Å². The summed E-state index contributed by atoms with van der Waals surface area (Å²) in [6, 6.07) is 15.2. The first kappa shape index (κ1) is 17.6. The van der Waals surface area contributed by atoms with Gasteiger partial charge in [-0.25, -0.2) is 0 Å². The van der Waals surface area contributed by atoms with Crippen LogP contribution >= 0.6 is 0 Å². The SMILES string of the molecule is CC1=CC(C)(C)N2C(=O)C(=C3C(=O)N(c4ccccc4)N=C3C)c3cccc1c32. The van der Waals surface area contributed by atoms with Gasteiger partial charge < -0.3 is 0 Å². The van der Waals surface area contributed by atoms with E-state index in [2.05, 4.69) is 18.1 Å². The van der Waals surface area contributed by atoms with Crippen LogP contribution in [0.4, 0.5) is 11.4 Å². The predicted molar refractivity (Wildman–Crippen MR) is 116 cm³/mol. The molecule has 3 heterocycles. The summed E-state index contributed by atoms with van der Waals surface area (Å²) in [5, 5.41) is 5.85. The van der Waals surface area contributed by atoms with Gasteiger partial charge in [-0.05, 0) is 45.4 Å². The molecule has 3 aliphatic heterocycles. The van der Waals surface area contributed by atoms with E-state index in [9.17, 15) is 9.59 Å². The fourth-order valence-electron chi connectivity index (χ4n) is 4.63. The summed E-state index contributed by atoms with van der Waals surface area (Å²) in [7, 11) is 0. The fourth-order valence-corrected chi connectivity index (χ4v) is 4.63. The van der Waals surface area contributed by atoms with Crippen LogP contribution in [0.2, 0.25) is 0 Å². The first-order valence-corrected chi connectivity index (χ1v) is 9.68. The Labute approximate surface area is 169 Å². The van der Waals surface area contributed by atoms with Gasteiger partial charge in [-0.3, -0.25) is 14.5 Å². The van der Waals surface area contributed by atoms with Crippen molar-refractivity contribution < 1.29 is 9.59 Å². The van der Waals surface area contributed by atoms with Crippen molar-refractivity contribution >= 4 is 40.0 Å². The lowest BCUT2D eigenvalue weighted by Gasteiger charge is -2.38. The third kappa shape index (κ3) is 2.30. The molecule has 5 rings (SSSR count). The first-order valence-electron chi connectivity index (χ1n) is 9.68. The minimum absolute atomic E-state index is 0.144. The molecule has 0 spiro atoms. The average Bonchev–Trinajstić information content (AvgIpc) is 3.14. The predicted octanol–water partition coefficient (Wildman–Crippen LogP) is 4.41. The van der Waals surface area contributed by atoms with E-state index in [-0.39, 0.29) is 11.8 Å². The normalized spacial score (nSPS) is 22.1. The molecule has 5 heteroatoms. The summed E-state index contributed by atoms with van der Waals surface area (Å²) in [5.41, 5.74) is 5.47. The molecule has 0 aliphatic carbocycles. The number of para-hydroxylation sites is 2. The topological polar surface area (TPSA) is 53.0 Å². The van der Waals surface area contributed by atoms with Gasteiger partial charge in [-0.1, -0.05) is 42.5 Å². The van der Waals surface area contributed by atoms with Gasteiger partial charge in [-0.2, -0.15) is 10.1 Å². The van der Waals surface area contributed by atoms with E-state index in [1.54, 1.807) is 6.92 Å². The molecular formula is C24H21N3O2. The van der Waals surface area contributed by atoms with Crippen molar-refractivity contribution in [2.24, 2.45) is 5.10 Å². The van der Waals surface area contributed by atoms with E-state index in [1.165, 1.54) is 5.01 Å². The van der Waals surface area contributed by atoms with Crippen LogP contribution in [0.5, 0.6) is 0 Å². The van der Waals surface area contributed by atoms with Crippen LogP contribution in [0.25, 0.3) is 11.1 Å². The molecule has 5 nitrogen and oxygen atoms in total. The third-order valence-corrected chi connectivity index (χ3v) is 5.79. The molecule has 0 saturated carbocycles. The minimum atomic E-state index is -0.474. The van der Waals surface area contributed by atoms with E-state index in [4.69, 9.17) is 0 Å². The maximum Gasteiger partial charge on any atom is 0.281 e. The summed E-state index contributed by atoms with van der Waals surface area (Å²) >= 11 is 0. The Hall–Kier alpha value is -3.47. The lowest BCUT2D eigenvalue weighted by molar-refractivity contribution is -0.116. The number of hydrogen-bond donors (Lipinski definition) is 0. The van der Waals surface area contributed by atoms with Crippen LogP contribution in [0.3, 0.4) is 0 Å². The Morgan fingerprint density at radius 3 is 2.24 bits per heavy atom. The highest BCUT2D eigenvalue weighted by Crippen LogP contribution is 2.50. The van der Waals surface area contributed by atoms with Crippen LogP contribution in [-0.2, 0) is 9.59 Å². The van der Waals surface area contributed by atoms with Crippen LogP contribution in [-0.4, -0.2) is 23.1 Å². The van der Waals surface area contributed by atoms with Crippen molar-refractivity contribution in [2.75, 3.05) is 9.91 Å². The molecular weight excluding hydrogens is 362 g/mol. The number of amides is 2. The molecule has 0 aromatic heterocycles. The minimum Gasteiger partial charge on any atom is -0.298 e. The van der Waals surface area contributed by atoms with Crippen molar-refractivity contribution in [1.82, 2.24) is 0 Å². The van der Waals surface area contributed by atoms with Crippen molar-refractivity contribution in [3.8, 4) is 0 Å². The molecule has 0 bridgehead atoms. The Morgan fingerprint density at radius 1 is 0.828 bits per heavy atom. The Balaban J connectivity index is 1.74. The molecule has 2 aromatic carbocycles. The number of benzene rings is 2. The second-order valence-electron chi connectivity index (χ2n) is 8.21. The van der Waals surface area contributed by atoms with Gasteiger partial charge in [-0.15, -0.1) is 0 Å². The molecule has 2 aromatic rings. The summed E-state index contributed by atoms with van der Waals surface area (Å²) in [4.78, 5) is 28.8. The largest absolute Gasteiger partial charge is 0.298 e. The first-order chi connectivity index (χ1) is 13.8. The number of anilines is 2. The van der Waals surface area contributed by atoms with Crippen LogP contribution < -0.4 is 9.91 Å². The molecule has 29 heavy (non-hydrogen) atoms. The monoisotopic (exact) mass is 383 g/mol.